The van der Waals surface area contributed by atoms with Gasteiger partial charge in [-0.3, -0.25) is 9.59 Å². The minimum atomic E-state index is -0.184. The van der Waals surface area contributed by atoms with Gasteiger partial charge in [-0.1, -0.05) is 41.9 Å². The van der Waals surface area contributed by atoms with Crippen LogP contribution >= 0.6 is 11.6 Å². The van der Waals surface area contributed by atoms with Crippen molar-refractivity contribution in [3.63, 3.8) is 0 Å². The van der Waals surface area contributed by atoms with Gasteiger partial charge < -0.3 is 4.57 Å². The first kappa shape index (κ1) is 14.5. The summed E-state index contributed by atoms with van der Waals surface area (Å²) in [5.74, 6) is -0.173. The molecule has 3 nitrogen and oxygen atoms in total. The Morgan fingerprint density at radius 1 is 1.09 bits per heavy atom. The minimum Gasteiger partial charge on any atom is -0.309 e. The number of rotatable bonds is 3. The van der Waals surface area contributed by atoms with Gasteiger partial charge in [-0.15, -0.1) is 0 Å². The van der Waals surface area contributed by atoms with Crippen LogP contribution in [0.5, 0.6) is 0 Å². The minimum absolute atomic E-state index is 0.173. The summed E-state index contributed by atoms with van der Waals surface area (Å²) in [7, 11) is 0. The van der Waals surface area contributed by atoms with E-state index in [1.165, 1.54) is 6.07 Å². The number of aromatic nitrogens is 1. The third-order valence-electron chi connectivity index (χ3n) is 3.67. The number of pyridine rings is 1. The zero-order chi connectivity index (χ0) is 15.7. The zero-order valence-corrected chi connectivity index (χ0v) is 12.8. The molecule has 1 aromatic heterocycles. The summed E-state index contributed by atoms with van der Waals surface area (Å²) in [5.41, 5.74) is 1.48. The van der Waals surface area contributed by atoms with E-state index in [2.05, 4.69) is 0 Å². The number of hydrogen-bond acceptors (Lipinski definition) is 2. The molecule has 0 atom stereocenters. The number of carbonyl (C=O) groups excluding carboxylic acids is 1. The highest BCUT2D eigenvalue weighted by Gasteiger charge is 2.16. The monoisotopic (exact) mass is 311 g/mol. The molecule has 0 fully saturated rings. The van der Waals surface area contributed by atoms with Crippen LogP contribution in [0, 0.1) is 0 Å². The molecule has 0 spiro atoms. The molecule has 0 bridgehead atoms. The van der Waals surface area contributed by atoms with Crippen LogP contribution in [0.2, 0.25) is 5.02 Å². The van der Waals surface area contributed by atoms with Gasteiger partial charge in [0.05, 0.1) is 5.52 Å². The van der Waals surface area contributed by atoms with Crippen molar-refractivity contribution in [2.24, 2.45) is 0 Å². The number of nitrogens with zero attached hydrogens (tertiary/aromatic N) is 1. The largest absolute Gasteiger partial charge is 0.309 e. The number of aryl methyl sites for hydroxylation is 1. The number of halogens is 1. The predicted octanol–water partition coefficient (Wildman–Crippen LogP) is 3.91. The van der Waals surface area contributed by atoms with Gasteiger partial charge in [0.1, 0.15) is 0 Å². The van der Waals surface area contributed by atoms with Gasteiger partial charge in [-0.05, 0) is 25.1 Å². The lowest BCUT2D eigenvalue weighted by Gasteiger charge is -2.12. The predicted molar refractivity (Wildman–Crippen MR) is 88.8 cm³/mol. The highest BCUT2D eigenvalue weighted by Crippen LogP contribution is 2.23. The number of benzene rings is 2. The van der Waals surface area contributed by atoms with E-state index in [0.29, 0.717) is 28.1 Å². The molecule has 0 aliphatic heterocycles. The van der Waals surface area contributed by atoms with Gasteiger partial charge in [-0.25, -0.2) is 0 Å². The summed E-state index contributed by atoms with van der Waals surface area (Å²) in [6.45, 7) is 2.44. The molecule has 3 aromatic rings. The maximum Gasteiger partial charge on any atom is 0.251 e. The maximum atomic E-state index is 12.7. The Morgan fingerprint density at radius 3 is 2.50 bits per heavy atom. The lowest BCUT2D eigenvalue weighted by molar-refractivity contribution is 0.104. The summed E-state index contributed by atoms with van der Waals surface area (Å²) >= 11 is 6.08. The third-order valence-corrected chi connectivity index (χ3v) is 3.91. The normalized spacial score (nSPS) is 10.8. The summed E-state index contributed by atoms with van der Waals surface area (Å²) < 4.78 is 1.63. The standard InChI is InChI=1S/C18H14ClNO2/c1-2-20-16-9-8-13(19)10-14(16)15(11-17(20)21)18(22)12-6-4-3-5-7-12/h3-11H,2H2,1H3. The van der Waals surface area contributed by atoms with E-state index in [4.69, 9.17) is 11.6 Å². The van der Waals surface area contributed by atoms with E-state index in [9.17, 15) is 9.59 Å². The van der Waals surface area contributed by atoms with E-state index in [0.717, 1.165) is 5.52 Å². The summed E-state index contributed by atoms with van der Waals surface area (Å²) in [6, 6.07) is 15.6. The summed E-state index contributed by atoms with van der Waals surface area (Å²) in [6.07, 6.45) is 0. The van der Waals surface area contributed by atoms with Crippen LogP contribution in [0.15, 0.2) is 59.4 Å². The van der Waals surface area contributed by atoms with Gasteiger partial charge in [0.25, 0.3) is 5.56 Å². The van der Waals surface area contributed by atoms with Crippen molar-refractivity contribution in [1.29, 1.82) is 0 Å². The average molecular weight is 312 g/mol. The molecule has 0 unspecified atom stereocenters. The van der Waals surface area contributed by atoms with Crippen molar-refractivity contribution in [3.05, 3.63) is 81.1 Å². The quantitative estimate of drug-likeness (QED) is 0.688. The topological polar surface area (TPSA) is 39.1 Å². The Hall–Kier alpha value is -2.39. The number of carbonyl (C=O) groups is 1. The fourth-order valence-electron chi connectivity index (χ4n) is 2.62. The second kappa shape index (κ2) is 5.78. The van der Waals surface area contributed by atoms with Crippen molar-refractivity contribution in [2.45, 2.75) is 13.5 Å². The molecule has 1 heterocycles. The molecule has 4 heteroatoms. The number of fused-ring (bicyclic) bond motifs is 1. The average Bonchev–Trinajstić information content (AvgIpc) is 2.54. The Balaban J connectivity index is 2.33. The van der Waals surface area contributed by atoms with Crippen LogP contribution in [-0.4, -0.2) is 10.4 Å². The second-order valence-corrected chi connectivity index (χ2v) is 5.43. The third kappa shape index (κ3) is 2.44. The summed E-state index contributed by atoms with van der Waals surface area (Å²) in [4.78, 5) is 25.0. The van der Waals surface area contributed by atoms with Gasteiger partial charge >= 0.3 is 0 Å². The molecule has 0 N–H and O–H groups in total. The molecule has 0 amide bonds. The maximum absolute atomic E-state index is 12.7. The molecule has 2 aromatic carbocycles. The second-order valence-electron chi connectivity index (χ2n) is 5.00. The summed E-state index contributed by atoms with van der Waals surface area (Å²) in [5, 5.41) is 1.23. The van der Waals surface area contributed by atoms with E-state index in [1.54, 1.807) is 47.0 Å². The fraction of sp³-hybridized carbons (Fsp3) is 0.111. The molecule has 0 aliphatic carbocycles. The highest BCUT2D eigenvalue weighted by atomic mass is 35.5. The van der Waals surface area contributed by atoms with Crippen LogP contribution in [0.4, 0.5) is 0 Å². The molecule has 0 aliphatic rings. The van der Waals surface area contributed by atoms with E-state index < -0.39 is 0 Å². The van der Waals surface area contributed by atoms with Crippen molar-refractivity contribution in [3.8, 4) is 0 Å². The van der Waals surface area contributed by atoms with Gasteiger partial charge in [0.2, 0.25) is 0 Å². The van der Waals surface area contributed by atoms with Gasteiger partial charge in [0, 0.05) is 34.1 Å². The van der Waals surface area contributed by atoms with Crippen LogP contribution in [-0.2, 0) is 6.54 Å². The van der Waals surface area contributed by atoms with Crippen molar-refractivity contribution < 1.29 is 4.79 Å². The molecule has 0 saturated heterocycles. The first-order chi connectivity index (χ1) is 10.6. The van der Waals surface area contributed by atoms with E-state index >= 15 is 0 Å². The number of hydrogen-bond donors (Lipinski definition) is 0. The van der Waals surface area contributed by atoms with Crippen molar-refractivity contribution in [2.75, 3.05) is 0 Å². The smallest absolute Gasteiger partial charge is 0.251 e. The highest BCUT2D eigenvalue weighted by molar-refractivity contribution is 6.31. The fourth-order valence-corrected chi connectivity index (χ4v) is 2.79. The lowest BCUT2D eigenvalue weighted by Crippen LogP contribution is -2.21. The first-order valence-electron chi connectivity index (χ1n) is 7.04. The Labute approximate surface area is 132 Å². The van der Waals surface area contributed by atoms with E-state index in [-0.39, 0.29) is 11.3 Å². The van der Waals surface area contributed by atoms with Gasteiger partial charge in [0.15, 0.2) is 5.78 Å². The van der Waals surface area contributed by atoms with E-state index in [1.807, 2.05) is 13.0 Å². The van der Waals surface area contributed by atoms with Gasteiger partial charge in [-0.2, -0.15) is 0 Å². The molecular weight excluding hydrogens is 298 g/mol. The molecule has 3 rings (SSSR count). The molecule has 0 radical (unpaired) electrons. The van der Waals surface area contributed by atoms with Crippen LogP contribution in [0.3, 0.4) is 0 Å². The van der Waals surface area contributed by atoms with Crippen LogP contribution in [0.25, 0.3) is 10.9 Å². The number of ketones is 1. The lowest BCUT2D eigenvalue weighted by atomic mass is 9.99. The molecule has 110 valence electrons. The Morgan fingerprint density at radius 2 is 1.82 bits per heavy atom. The Kier molecular flexibility index (Phi) is 3.82. The molecule has 0 saturated carbocycles. The van der Waals surface area contributed by atoms with Crippen LogP contribution in [0.1, 0.15) is 22.8 Å². The SMILES string of the molecule is CCn1c(=O)cc(C(=O)c2ccccc2)c2cc(Cl)ccc21. The van der Waals surface area contributed by atoms with Crippen molar-refractivity contribution in [1.82, 2.24) is 4.57 Å². The Bertz CT molecular complexity index is 914. The molecule has 22 heavy (non-hydrogen) atoms. The zero-order valence-electron chi connectivity index (χ0n) is 12.0. The van der Waals surface area contributed by atoms with Crippen LogP contribution < -0.4 is 5.56 Å². The first-order valence-corrected chi connectivity index (χ1v) is 7.42. The van der Waals surface area contributed by atoms with Crippen molar-refractivity contribution >= 4 is 28.3 Å². The molecular formula is C18H14ClNO2.